The average Bonchev–Trinajstić information content (AvgIpc) is 3.35. The Kier molecular flexibility index (Phi) is 4.72. The van der Waals surface area contributed by atoms with E-state index >= 15 is 0 Å². The quantitative estimate of drug-likeness (QED) is 0.475. The summed E-state index contributed by atoms with van der Waals surface area (Å²) in [5.74, 6) is 1.38. The lowest BCUT2D eigenvalue weighted by molar-refractivity contribution is 0.0994. The van der Waals surface area contributed by atoms with Crippen molar-refractivity contribution in [1.82, 2.24) is 19.9 Å². The lowest BCUT2D eigenvalue weighted by Crippen LogP contribution is -2.26. The number of rotatable bonds is 5. The number of para-hydroxylation sites is 1. The van der Waals surface area contributed by atoms with Crippen molar-refractivity contribution >= 4 is 11.6 Å². The Bertz CT molecular complexity index is 1170. The molecule has 0 unspecified atom stereocenters. The number of ether oxygens (including phenoxy) is 1. The lowest BCUT2D eigenvalue weighted by atomic mass is 9.92. The molecule has 1 amide bonds. The minimum absolute atomic E-state index is 0.363. The van der Waals surface area contributed by atoms with Gasteiger partial charge in [-0.1, -0.05) is 18.2 Å². The van der Waals surface area contributed by atoms with Gasteiger partial charge in [-0.05, 0) is 68.2 Å². The summed E-state index contributed by atoms with van der Waals surface area (Å²) in [6.07, 6.45) is 4.05. The second-order valence-electron chi connectivity index (χ2n) is 7.52. The van der Waals surface area contributed by atoms with Gasteiger partial charge in [0.2, 0.25) is 0 Å². The van der Waals surface area contributed by atoms with Gasteiger partial charge >= 0.3 is 0 Å². The fraction of sp³-hybridized carbons (Fsp3) is 0.217. The number of nitrogens with two attached hydrogens (primary N) is 1. The molecule has 3 heterocycles. The Morgan fingerprint density at radius 3 is 2.43 bits per heavy atom. The van der Waals surface area contributed by atoms with Crippen LogP contribution in [0.3, 0.4) is 0 Å². The molecule has 1 fully saturated rings. The van der Waals surface area contributed by atoms with E-state index in [-0.39, 0.29) is 0 Å². The maximum Gasteiger partial charge on any atom is 0.269 e. The number of fused-ring (bicyclic) bond motifs is 1. The molecule has 1 aliphatic rings. The number of H-pyrrole nitrogens is 1. The summed E-state index contributed by atoms with van der Waals surface area (Å²) in [6.45, 7) is 1.97. The zero-order valence-corrected chi connectivity index (χ0v) is 16.5. The Morgan fingerprint density at radius 1 is 1.03 bits per heavy atom. The Hall–Kier alpha value is -3.58. The number of carbonyl (C=O) groups is 1. The normalized spacial score (nSPS) is 14.8. The number of piperidine rings is 1. The molecule has 7 heteroatoms. The second-order valence-corrected chi connectivity index (χ2v) is 7.52. The first-order valence-corrected chi connectivity index (χ1v) is 10.1. The molecular formula is C23H23N5O2. The van der Waals surface area contributed by atoms with Crippen LogP contribution in [0.2, 0.25) is 0 Å². The van der Waals surface area contributed by atoms with E-state index < -0.39 is 5.91 Å². The predicted octanol–water partition coefficient (Wildman–Crippen LogP) is 3.69. The number of benzene rings is 2. The molecule has 4 N–H and O–H groups in total. The lowest BCUT2D eigenvalue weighted by Gasteiger charge is -2.21. The standard InChI is InChI=1S/C23H23N5O2/c24-22(29)21-20(16-6-8-18(9-7-16)30-17-4-2-1-3-5-17)27-23-19(14-26-28(21)23)15-10-12-25-13-11-15/h1-9,14-15,25-26H,10-13H2,(H2,24,29). The van der Waals surface area contributed by atoms with Crippen molar-refractivity contribution in [2.24, 2.45) is 5.73 Å². The van der Waals surface area contributed by atoms with Crippen molar-refractivity contribution in [3.05, 3.63) is 72.1 Å². The fourth-order valence-corrected chi connectivity index (χ4v) is 4.11. The summed E-state index contributed by atoms with van der Waals surface area (Å²) in [7, 11) is 0. The molecule has 7 nitrogen and oxygen atoms in total. The van der Waals surface area contributed by atoms with Gasteiger partial charge in [0.15, 0.2) is 11.3 Å². The van der Waals surface area contributed by atoms with Crippen LogP contribution in [0.15, 0.2) is 60.8 Å². The van der Waals surface area contributed by atoms with Gasteiger partial charge in [-0.3, -0.25) is 9.89 Å². The Balaban J connectivity index is 1.51. The van der Waals surface area contributed by atoms with E-state index in [1.54, 1.807) is 4.52 Å². The summed E-state index contributed by atoms with van der Waals surface area (Å²) in [4.78, 5) is 17.1. The van der Waals surface area contributed by atoms with Crippen molar-refractivity contribution in [2.45, 2.75) is 18.8 Å². The molecule has 0 aliphatic carbocycles. The summed E-state index contributed by atoms with van der Waals surface area (Å²) in [6, 6.07) is 17.1. The monoisotopic (exact) mass is 401 g/mol. The minimum Gasteiger partial charge on any atom is -0.457 e. The van der Waals surface area contributed by atoms with Gasteiger partial charge in [0.05, 0.1) is 0 Å². The number of imidazole rings is 1. The van der Waals surface area contributed by atoms with E-state index in [4.69, 9.17) is 15.5 Å². The number of aromatic amines is 1. The number of hydrogen-bond acceptors (Lipinski definition) is 4. The number of amides is 1. The van der Waals surface area contributed by atoms with E-state index in [0.717, 1.165) is 48.5 Å². The van der Waals surface area contributed by atoms with Gasteiger partial charge in [-0.15, -0.1) is 0 Å². The molecule has 0 spiro atoms. The fourth-order valence-electron chi connectivity index (χ4n) is 4.11. The smallest absolute Gasteiger partial charge is 0.269 e. The molecule has 152 valence electrons. The van der Waals surface area contributed by atoms with Gasteiger partial charge in [-0.25, -0.2) is 9.50 Å². The van der Waals surface area contributed by atoms with Gasteiger partial charge in [0.25, 0.3) is 5.91 Å². The molecule has 2 aromatic heterocycles. The van der Waals surface area contributed by atoms with Crippen LogP contribution in [0.5, 0.6) is 11.5 Å². The highest BCUT2D eigenvalue weighted by atomic mass is 16.5. The van der Waals surface area contributed by atoms with Crippen molar-refractivity contribution in [3.8, 4) is 22.8 Å². The van der Waals surface area contributed by atoms with E-state index in [1.165, 1.54) is 0 Å². The molecule has 0 saturated carbocycles. The van der Waals surface area contributed by atoms with Crippen LogP contribution in [0, 0.1) is 0 Å². The first-order valence-electron chi connectivity index (χ1n) is 10.1. The zero-order valence-electron chi connectivity index (χ0n) is 16.5. The molecule has 5 rings (SSSR count). The molecule has 2 aromatic carbocycles. The first kappa shape index (κ1) is 18.4. The third-order valence-corrected chi connectivity index (χ3v) is 5.60. The number of primary amides is 1. The zero-order chi connectivity index (χ0) is 20.5. The van der Waals surface area contributed by atoms with Crippen molar-refractivity contribution < 1.29 is 9.53 Å². The highest BCUT2D eigenvalue weighted by Crippen LogP contribution is 2.33. The van der Waals surface area contributed by atoms with Crippen LogP contribution < -0.4 is 15.8 Å². The van der Waals surface area contributed by atoms with Crippen molar-refractivity contribution in [1.29, 1.82) is 0 Å². The minimum atomic E-state index is -0.513. The van der Waals surface area contributed by atoms with Gasteiger partial charge in [0, 0.05) is 17.3 Å². The summed E-state index contributed by atoms with van der Waals surface area (Å²) >= 11 is 0. The van der Waals surface area contributed by atoms with Crippen molar-refractivity contribution in [3.63, 3.8) is 0 Å². The molecule has 1 aliphatic heterocycles. The topological polar surface area (TPSA) is 97.4 Å². The van der Waals surface area contributed by atoms with E-state index in [9.17, 15) is 4.79 Å². The predicted molar refractivity (Wildman–Crippen MR) is 115 cm³/mol. The SMILES string of the molecule is NC(=O)c1c(-c2ccc(Oc3ccccc3)cc2)nc2c(C3CCNCC3)c[nH]n12. The van der Waals surface area contributed by atoms with Crippen molar-refractivity contribution in [2.75, 3.05) is 13.1 Å². The third kappa shape index (κ3) is 3.33. The molecule has 4 aromatic rings. The largest absolute Gasteiger partial charge is 0.457 e. The van der Waals surface area contributed by atoms with E-state index in [2.05, 4.69) is 10.4 Å². The number of aromatic nitrogens is 3. The van der Waals surface area contributed by atoms with Gasteiger partial charge < -0.3 is 15.8 Å². The van der Waals surface area contributed by atoms with E-state index in [1.807, 2.05) is 60.8 Å². The molecular weight excluding hydrogens is 378 g/mol. The molecule has 30 heavy (non-hydrogen) atoms. The maximum absolute atomic E-state index is 12.3. The molecule has 1 saturated heterocycles. The van der Waals surface area contributed by atoms with Crippen LogP contribution in [-0.4, -0.2) is 33.6 Å². The number of hydrogen-bond donors (Lipinski definition) is 3. The summed E-state index contributed by atoms with van der Waals surface area (Å²) in [5, 5.41) is 6.56. The van der Waals surface area contributed by atoms with Gasteiger partial charge in [0.1, 0.15) is 17.2 Å². The molecule has 0 radical (unpaired) electrons. The third-order valence-electron chi connectivity index (χ3n) is 5.60. The van der Waals surface area contributed by atoms with Crippen LogP contribution in [0.25, 0.3) is 16.9 Å². The van der Waals surface area contributed by atoms with Crippen LogP contribution in [-0.2, 0) is 0 Å². The first-order chi connectivity index (χ1) is 14.7. The Morgan fingerprint density at radius 2 is 1.73 bits per heavy atom. The van der Waals surface area contributed by atoms with Crippen LogP contribution in [0.4, 0.5) is 0 Å². The highest BCUT2D eigenvalue weighted by Gasteiger charge is 2.25. The summed E-state index contributed by atoms with van der Waals surface area (Å²) < 4.78 is 7.57. The van der Waals surface area contributed by atoms with E-state index in [0.29, 0.717) is 23.1 Å². The summed E-state index contributed by atoms with van der Waals surface area (Å²) in [5.41, 5.74) is 9.39. The average molecular weight is 401 g/mol. The number of nitrogens with zero attached hydrogens (tertiary/aromatic N) is 2. The van der Waals surface area contributed by atoms with Crippen LogP contribution in [0.1, 0.15) is 34.8 Å². The molecule has 0 atom stereocenters. The number of nitrogens with one attached hydrogen (secondary N) is 2. The maximum atomic E-state index is 12.3. The second kappa shape index (κ2) is 7.68. The van der Waals surface area contributed by atoms with Gasteiger partial charge in [-0.2, -0.15) is 0 Å². The van der Waals surface area contributed by atoms with Crippen LogP contribution >= 0.6 is 0 Å². The Labute approximate surface area is 173 Å². The highest BCUT2D eigenvalue weighted by molar-refractivity contribution is 5.98. The number of carbonyl (C=O) groups excluding carboxylic acids is 1. The molecule has 0 bridgehead atoms.